The largest absolute Gasteiger partial charge is 0.325 e. The molecule has 2 rings (SSSR count). The van der Waals surface area contributed by atoms with E-state index in [1.165, 1.54) is 6.92 Å². The van der Waals surface area contributed by atoms with Crippen LogP contribution in [0.15, 0.2) is 36.9 Å². The molecule has 0 spiro atoms. The van der Waals surface area contributed by atoms with E-state index in [2.05, 4.69) is 11.9 Å². The Hall–Kier alpha value is -2.10. The van der Waals surface area contributed by atoms with E-state index in [1.54, 1.807) is 17.0 Å². The summed E-state index contributed by atoms with van der Waals surface area (Å²) in [5, 5.41) is 2.75. The number of carbonyl (C=O) groups is 2. The van der Waals surface area contributed by atoms with Crippen molar-refractivity contribution in [1.29, 1.82) is 0 Å². The predicted molar refractivity (Wildman–Crippen MR) is 71.4 cm³/mol. The number of benzene rings is 1. The molecule has 1 N–H and O–H groups in total. The first-order valence-corrected chi connectivity index (χ1v) is 5.91. The van der Waals surface area contributed by atoms with E-state index in [1.807, 2.05) is 18.2 Å². The third-order valence-electron chi connectivity index (χ3n) is 2.99. The summed E-state index contributed by atoms with van der Waals surface area (Å²) >= 11 is 0. The molecule has 1 aliphatic heterocycles. The lowest BCUT2D eigenvalue weighted by Crippen LogP contribution is -2.25. The maximum atomic E-state index is 11.9. The van der Waals surface area contributed by atoms with Crippen LogP contribution in [0.3, 0.4) is 0 Å². The van der Waals surface area contributed by atoms with Gasteiger partial charge in [0.25, 0.3) is 0 Å². The molecule has 1 fully saturated rings. The number of amides is 2. The Labute approximate surface area is 106 Å². The Morgan fingerprint density at radius 2 is 2.22 bits per heavy atom. The second kappa shape index (κ2) is 5.04. The van der Waals surface area contributed by atoms with Gasteiger partial charge in [0.05, 0.1) is 11.4 Å². The second-order valence-electron chi connectivity index (χ2n) is 4.40. The monoisotopic (exact) mass is 244 g/mol. The second-order valence-corrected chi connectivity index (χ2v) is 4.40. The van der Waals surface area contributed by atoms with Crippen molar-refractivity contribution in [2.24, 2.45) is 5.92 Å². The van der Waals surface area contributed by atoms with E-state index >= 15 is 0 Å². The number of nitrogens with one attached hydrogen (secondary N) is 1. The number of nitrogens with zero attached hydrogens (tertiary/aromatic N) is 1. The molecule has 4 nitrogen and oxygen atoms in total. The molecular weight excluding hydrogens is 228 g/mol. The third-order valence-corrected chi connectivity index (χ3v) is 2.99. The molecule has 4 heteroatoms. The average Bonchev–Trinajstić information content (AvgIpc) is 2.70. The summed E-state index contributed by atoms with van der Waals surface area (Å²) in [6.07, 6.45) is 2.29. The highest BCUT2D eigenvalue weighted by Crippen LogP contribution is 2.31. The molecule has 1 aliphatic rings. The van der Waals surface area contributed by atoms with Gasteiger partial charge in [0, 0.05) is 25.8 Å². The van der Waals surface area contributed by atoms with E-state index in [4.69, 9.17) is 0 Å². The van der Waals surface area contributed by atoms with Gasteiger partial charge in [-0.2, -0.15) is 0 Å². The van der Waals surface area contributed by atoms with Gasteiger partial charge in [-0.25, -0.2) is 0 Å². The van der Waals surface area contributed by atoms with Gasteiger partial charge < -0.3 is 10.2 Å². The normalized spacial score (nSPS) is 18.8. The maximum absolute atomic E-state index is 11.9. The zero-order valence-electron chi connectivity index (χ0n) is 10.3. The molecule has 0 radical (unpaired) electrons. The van der Waals surface area contributed by atoms with Crippen molar-refractivity contribution in [3.63, 3.8) is 0 Å². The molecule has 1 aromatic rings. The fourth-order valence-electron chi connectivity index (χ4n) is 2.13. The number of carbonyl (C=O) groups excluding carboxylic acids is 2. The molecule has 1 aromatic carbocycles. The van der Waals surface area contributed by atoms with Crippen molar-refractivity contribution in [2.45, 2.75) is 13.3 Å². The molecule has 0 aromatic heterocycles. The van der Waals surface area contributed by atoms with E-state index in [0.29, 0.717) is 18.7 Å². The van der Waals surface area contributed by atoms with E-state index in [9.17, 15) is 9.59 Å². The molecule has 1 atom stereocenters. The van der Waals surface area contributed by atoms with Crippen LogP contribution in [0.1, 0.15) is 13.3 Å². The van der Waals surface area contributed by atoms with Gasteiger partial charge in [0.1, 0.15) is 0 Å². The van der Waals surface area contributed by atoms with Crippen molar-refractivity contribution >= 4 is 23.2 Å². The Morgan fingerprint density at radius 1 is 1.50 bits per heavy atom. The first-order chi connectivity index (χ1) is 8.61. The van der Waals surface area contributed by atoms with Gasteiger partial charge >= 0.3 is 0 Å². The Balaban J connectivity index is 2.30. The first kappa shape index (κ1) is 12.4. The highest BCUT2D eigenvalue weighted by atomic mass is 16.2. The van der Waals surface area contributed by atoms with Crippen LogP contribution >= 0.6 is 0 Å². The highest BCUT2D eigenvalue weighted by Gasteiger charge is 2.29. The van der Waals surface area contributed by atoms with Gasteiger partial charge in [0.2, 0.25) is 11.8 Å². The Kier molecular flexibility index (Phi) is 3.46. The highest BCUT2D eigenvalue weighted by molar-refractivity contribution is 6.01. The van der Waals surface area contributed by atoms with Crippen LogP contribution in [0.2, 0.25) is 0 Å². The number of anilines is 2. The topological polar surface area (TPSA) is 49.4 Å². The van der Waals surface area contributed by atoms with Crippen molar-refractivity contribution in [3.8, 4) is 0 Å². The van der Waals surface area contributed by atoms with Crippen molar-refractivity contribution in [2.75, 3.05) is 16.8 Å². The fraction of sp³-hybridized carbons (Fsp3) is 0.286. The molecule has 2 amide bonds. The molecule has 94 valence electrons. The van der Waals surface area contributed by atoms with Gasteiger partial charge in [-0.1, -0.05) is 18.2 Å². The van der Waals surface area contributed by atoms with Crippen LogP contribution in [0, 0.1) is 5.92 Å². The van der Waals surface area contributed by atoms with Crippen molar-refractivity contribution in [3.05, 3.63) is 36.9 Å². The summed E-state index contributed by atoms with van der Waals surface area (Å²) in [6, 6.07) is 7.33. The lowest BCUT2D eigenvalue weighted by molar-refractivity contribution is -0.117. The van der Waals surface area contributed by atoms with Crippen LogP contribution in [-0.2, 0) is 9.59 Å². The SMILES string of the molecule is C=CC1CC(=O)N(c2ccccc2NC(C)=O)C1. The lowest BCUT2D eigenvalue weighted by atomic mass is 10.1. The summed E-state index contributed by atoms with van der Waals surface area (Å²) in [4.78, 5) is 24.8. The Bertz CT molecular complexity index is 496. The quantitative estimate of drug-likeness (QED) is 0.828. The summed E-state index contributed by atoms with van der Waals surface area (Å²) in [7, 11) is 0. The minimum atomic E-state index is -0.144. The molecule has 1 unspecified atom stereocenters. The van der Waals surface area contributed by atoms with Gasteiger partial charge in [-0.3, -0.25) is 9.59 Å². The number of para-hydroxylation sites is 2. The minimum absolute atomic E-state index is 0.0673. The van der Waals surface area contributed by atoms with Gasteiger partial charge in [-0.05, 0) is 12.1 Å². The van der Waals surface area contributed by atoms with Crippen LogP contribution in [0.4, 0.5) is 11.4 Å². The number of hydrogen-bond acceptors (Lipinski definition) is 2. The van der Waals surface area contributed by atoms with Gasteiger partial charge in [-0.15, -0.1) is 6.58 Å². The molecular formula is C14H16N2O2. The zero-order chi connectivity index (χ0) is 13.1. The number of rotatable bonds is 3. The van der Waals surface area contributed by atoms with Crippen LogP contribution < -0.4 is 10.2 Å². The van der Waals surface area contributed by atoms with E-state index in [0.717, 1.165) is 5.69 Å². The van der Waals surface area contributed by atoms with Crippen molar-refractivity contribution in [1.82, 2.24) is 0 Å². The van der Waals surface area contributed by atoms with Crippen LogP contribution in [0.25, 0.3) is 0 Å². The van der Waals surface area contributed by atoms with E-state index < -0.39 is 0 Å². The number of hydrogen-bond donors (Lipinski definition) is 1. The zero-order valence-corrected chi connectivity index (χ0v) is 10.3. The average molecular weight is 244 g/mol. The summed E-state index contributed by atoms with van der Waals surface area (Å²) in [5.74, 6) is 0.106. The standard InChI is InChI=1S/C14H16N2O2/c1-3-11-8-14(18)16(9-11)13-7-5-4-6-12(13)15-10(2)17/h3-7,11H,1,8-9H2,2H3,(H,15,17). The predicted octanol–water partition coefficient (Wildman–Crippen LogP) is 2.18. The first-order valence-electron chi connectivity index (χ1n) is 5.91. The summed E-state index contributed by atoms with van der Waals surface area (Å²) in [6.45, 7) is 5.80. The fourth-order valence-corrected chi connectivity index (χ4v) is 2.13. The Morgan fingerprint density at radius 3 is 2.83 bits per heavy atom. The minimum Gasteiger partial charge on any atom is -0.325 e. The molecule has 1 heterocycles. The smallest absolute Gasteiger partial charge is 0.227 e. The molecule has 18 heavy (non-hydrogen) atoms. The van der Waals surface area contributed by atoms with Crippen molar-refractivity contribution < 1.29 is 9.59 Å². The molecule has 0 bridgehead atoms. The third kappa shape index (κ3) is 2.42. The lowest BCUT2D eigenvalue weighted by Gasteiger charge is -2.20. The molecule has 0 saturated carbocycles. The maximum Gasteiger partial charge on any atom is 0.227 e. The summed E-state index contributed by atoms with van der Waals surface area (Å²) in [5.41, 5.74) is 1.42. The summed E-state index contributed by atoms with van der Waals surface area (Å²) < 4.78 is 0. The van der Waals surface area contributed by atoms with Crippen LogP contribution in [0.5, 0.6) is 0 Å². The van der Waals surface area contributed by atoms with Crippen LogP contribution in [-0.4, -0.2) is 18.4 Å². The molecule has 1 saturated heterocycles. The van der Waals surface area contributed by atoms with E-state index in [-0.39, 0.29) is 17.7 Å². The van der Waals surface area contributed by atoms with Gasteiger partial charge in [0.15, 0.2) is 0 Å². The molecule has 0 aliphatic carbocycles.